The fourth-order valence-corrected chi connectivity index (χ4v) is 2.55. The average Bonchev–Trinajstić information content (AvgIpc) is 2.48. The van der Waals surface area contributed by atoms with Gasteiger partial charge in [0, 0.05) is 16.0 Å². The molecule has 0 spiro atoms. The summed E-state index contributed by atoms with van der Waals surface area (Å²) in [5.74, 6) is -0.272. The van der Waals surface area contributed by atoms with Gasteiger partial charge in [0.2, 0.25) is 0 Å². The van der Waals surface area contributed by atoms with Crippen molar-refractivity contribution in [3.63, 3.8) is 0 Å². The van der Waals surface area contributed by atoms with Crippen LogP contribution in [0.15, 0.2) is 54.6 Å². The Hall–Kier alpha value is -2.19. The van der Waals surface area contributed by atoms with Crippen LogP contribution in [-0.4, -0.2) is 6.29 Å². The fraction of sp³-hybridized carbons (Fsp3) is 0. The molecule has 3 rings (SSSR count). The van der Waals surface area contributed by atoms with Crippen LogP contribution in [-0.2, 0) is 0 Å². The topological polar surface area (TPSA) is 17.1 Å². The first-order valence-electron chi connectivity index (χ1n) is 6.13. The molecule has 0 aromatic heterocycles. The molecule has 98 valence electrons. The van der Waals surface area contributed by atoms with Crippen molar-refractivity contribution in [2.24, 2.45) is 0 Å². The molecule has 3 heteroatoms. The predicted molar refractivity (Wildman–Crippen MR) is 79.7 cm³/mol. The van der Waals surface area contributed by atoms with E-state index in [4.69, 9.17) is 11.6 Å². The van der Waals surface area contributed by atoms with Gasteiger partial charge in [0.15, 0.2) is 6.29 Å². The Labute approximate surface area is 120 Å². The highest BCUT2D eigenvalue weighted by molar-refractivity contribution is 6.31. The molecule has 0 bridgehead atoms. The molecule has 0 radical (unpaired) electrons. The fourth-order valence-electron chi connectivity index (χ4n) is 2.37. The highest BCUT2D eigenvalue weighted by Crippen LogP contribution is 2.32. The molecule has 0 fully saturated rings. The van der Waals surface area contributed by atoms with Crippen molar-refractivity contribution in [2.75, 3.05) is 0 Å². The number of rotatable bonds is 2. The van der Waals surface area contributed by atoms with Gasteiger partial charge in [-0.1, -0.05) is 48.0 Å². The summed E-state index contributed by atoms with van der Waals surface area (Å²) in [6.45, 7) is 0. The lowest BCUT2D eigenvalue weighted by Gasteiger charge is -2.10. The Bertz CT molecular complexity index is 811. The van der Waals surface area contributed by atoms with Crippen molar-refractivity contribution in [1.82, 2.24) is 0 Å². The summed E-state index contributed by atoms with van der Waals surface area (Å²) in [7, 11) is 0. The quantitative estimate of drug-likeness (QED) is 0.598. The molecule has 3 aromatic carbocycles. The second-order valence-corrected chi connectivity index (χ2v) is 4.93. The van der Waals surface area contributed by atoms with E-state index in [1.165, 1.54) is 6.07 Å². The van der Waals surface area contributed by atoms with E-state index in [2.05, 4.69) is 0 Å². The molecule has 0 amide bonds. The van der Waals surface area contributed by atoms with E-state index < -0.39 is 0 Å². The van der Waals surface area contributed by atoms with Crippen LogP contribution in [0.25, 0.3) is 21.9 Å². The van der Waals surface area contributed by atoms with Gasteiger partial charge in [0.25, 0.3) is 0 Å². The molecule has 20 heavy (non-hydrogen) atoms. The molecule has 0 aliphatic heterocycles. The van der Waals surface area contributed by atoms with Gasteiger partial charge in [-0.3, -0.25) is 4.79 Å². The minimum atomic E-state index is -0.272. The van der Waals surface area contributed by atoms with Gasteiger partial charge in [-0.2, -0.15) is 0 Å². The molecule has 0 atom stereocenters. The number of hydrogen-bond donors (Lipinski definition) is 0. The van der Waals surface area contributed by atoms with Gasteiger partial charge < -0.3 is 0 Å². The van der Waals surface area contributed by atoms with E-state index in [0.29, 0.717) is 16.0 Å². The summed E-state index contributed by atoms with van der Waals surface area (Å²) in [4.78, 5) is 11.2. The smallest absolute Gasteiger partial charge is 0.150 e. The van der Waals surface area contributed by atoms with Crippen LogP contribution < -0.4 is 0 Å². The van der Waals surface area contributed by atoms with Crippen molar-refractivity contribution in [1.29, 1.82) is 0 Å². The predicted octanol–water partition coefficient (Wildman–Crippen LogP) is 5.11. The number of benzene rings is 3. The number of carbonyl (C=O) groups excluding carboxylic acids is 1. The number of hydrogen-bond acceptors (Lipinski definition) is 1. The molecular weight excluding hydrogens is 275 g/mol. The summed E-state index contributed by atoms with van der Waals surface area (Å²) in [6.07, 6.45) is 0.763. The van der Waals surface area contributed by atoms with Crippen LogP contribution in [0.2, 0.25) is 5.02 Å². The van der Waals surface area contributed by atoms with Crippen LogP contribution in [0, 0.1) is 5.82 Å². The molecule has 0 aliphatic carbocycles. The molecule has 0 saturated heterocycles. The Morgan fingerprint density at radius 3 is 2.35 bits per heavy atom. The van der Waals surface area contributed by atoms with Crippen LogP contribution >= 0.6 is 11.6 Å². The standard InChI is InChI=1S/C17H10ClFO/c18-12-5-6-13(11(9-12)10-20)15-7-8-17(19)16-4-2-1-3-14(15)16/h1-10H. The van der Waals surface area contributed by atoms with Crippen LogP contribution in [0.4, 0.5) is 4.39 Å². The molecule has 0 aliphatic rings. The zero-order valence-electron chi connectivity index (χ0n) is 10.4. The van der Waals surface area contributed by atoms with Crippen molar-refractivity contribution >= 4 is 28.7 Å². The Morgan fingerprint density at radius 2 is 1.60 bits per heavy atom. The zero-order valence-corrected chi connectivity index (χ0v) is 11.2. The van der Waals surface area contributed by atoms with Crippen molar-refractivity contribution in [2.45, 2.75) is 0 Å². The van der Waals surface area contributed by atoms with Crippen LogP contribution in [0.3, 0.4) is 0 Å². The maximum absolute atomic E-state index is 13.8. The van der Waals surface area contributed by atoms with Gasteiger partial charge in [-0.05, 0) is 34.7 Å². The van der Waals surface area contributed by atoms with E-state index >= 15 is 0 Å². The van der Waals surface area contributed by atoms with E-state index in [0.717, 1.165) is 22.8 Å². The van der Waals surface area contributed by atoms with Gasteiger partial charge >= 0.3 is 0 Å². The molecule has 3 aromatic rings. The third kappa shape index (κ3) is 2.08. The third-order valence-electron chi connectivity index (χ3n) is 3.30. The molecule has 0 heterocycles. The maximum Gasteiger partial charge on any atom is 0.150 e. The first-order valence-corrected chi connectivity index (χ1v) is 6.51. The van der Waals surface area contributed by atoms with E-state index in [1.54, 1.807) is 36.4 Å². The lowest BCUT2D eigenvalue weighted by molar-refractivity contribution is 0.112. The largest absolute Gasteiger partial charge is 0.298 e. The summed E-state index contributed by atoms with van der Waals surface area (Å²) >= 11 is 5.91. The number of halogens is 2. The minimum absolute atomic E-state index is 0.272. The first kappa shape index (κ1) is 12.8. The molecule has 0 N–H and O–H groups in total. The Morgan fingerprint density at radius 1 is 0.900 bits per heavy atom. The zero-order chi connectivity index (χ0) is 14.1. The van der Waals surface area contributed by atoms with Gasteiger partial charge in [-0.25, -0.2) is 4.39 Å². The van der Waals surface area contributed by atoms with Crippen LogP contribution in [0.1, 0.15) is 10.4 Å². The van der Waals surface area contributed by atoms with E-state index in [1.807, 2.05) is 12.1 Å². The Balaban J connectivity index is 2.36. The monoisotopic (exact) mass is 284 g/mol. The van der Waals surface area contributed by atoms with E-state index in [9.17, 15) is 9.18 Å². The van der Waals surface area contributed by atoms with Crippen LogP contribution in [0.5, 0.6) is 0 Å². The number of aldehydes is 1. The second-order valence-electron chi connectivity index (χ2n) is 4.49. The summed E-state index contributed by atoms with van der Waals surface area (Å²) in [6, 6.07) is 15.4. The molecule has 1 nitrogen and oxygen atoms in total. The van der Waals surface area contributed by atoms with Crippen molar-refractivity contribution < 1.29 is 9.18 Å². The normalized spacial score (nSPS) is 10.7. The van der Waals surface area contributed by atoms with Gasteiger partial charge in [0.1, 0.15) is 5.82 Å². The maximum atomic E-state index is 13.8. The first-order chi connectivity index (χ1) is 9.70. The minimum Gasteiger partial charge on any atom is -0.298 e. The lowest BCUT2D eigenvalue weighted by atomic mass is 9.95. The summed E-state index contributed by atoms with van der Waals surface area (Å²) in [5, 5.41) is 1.82. The summed E-state index contributed by atoms with van der Waals surface area (Å²) in [5.41, 5.74) is 2.07. The van der Waals surface area contributed by atoms with Gasteiger partial charge in [0.05, 0.1) is 0 Å². The van der Waals surface area contributed by atoms with E-state index in [-0.39, 0.29) is 5.82 Å². The lowest BCUT2D eigenvalue weighted by Crippen LogP contribution is -1.90. The van der Waals surface area contributed by atoms with Crippen molar-refractivity contribution in [3.8, 4) is 11.1 Å². The summed E-state index contributed by atoms with van der Waals surface area (Å²) < 4.78 is 13.8. The molecule has 0 unspecified atom stereocenters. The molecular formula is C17H10ClFO. The number of carbonyl (C=O) groups is 1. The second kappa shape index (κ2) is 5.06. The Kier molecular flexibility index (Phi) is 3.25. The number of fused-ring (bicyclic) bond motifs is 1. The SMILES string of the molecule is O=Cc1cc(Cl)ccc1-c1ccc(F)c2ccccc12. The van der Waals surface area contributed by atoms with Crippen molar-refractivity contribution in [3.05, 3.63) is 71.0 Å². The average molecular weight is 285 g/mol. The third-order valence-corrected chi connectivity index (χ3v) is 3.54. The highest BCUT2D eigenvalue weighted by atomic mass is 35.5. The van der Waals surface area contributed by atoms with Gasteiger partial charge in [-0.15, -0.1) is 0 Å². The highest BCUT2D eigenvalue weighted by Gasteiger charge is 2.11. The molecule has 0 saturated carbocycles.